The number of hydrogen-bond donors (Lipinski definition) is 1. The van der Waals surface area contributed by atoms with Gasteiger partial charge in [-0.3, -0.25) is 14.5 Å². The minimum absolute atomic E-state index is 0.150. The lowest BCUT2D eigenvalue weighted by atomic mass is 9.95. The lowest BCUT2D eigenvalue weighted by molar-refractivity contribution is -0.132. The summed E-state index contributed by atoms with van der Waals surface area (Å²) in [5, 5.41) is 19.8. The lowest BCUT2D eigenvalue weighted by Crippen LogP contribution is -2.29. The van der Waals surface area contributed by atoms with Crippen LogP contribution in [0.3, 0.4) is 0 Å². The van der Waals surface area contributed by atoms with Crippen LogP contribution in [0.15, 0.2) is 82.7 Å². The molecule has 1 amide bonds. The van der Waals surface area contributed by atoms with Crippen LogP contribution in [0.4, 0.5) is 13.9 Å². The Hall–Kier alpha value is -4.09. The highest BCUT2D eigenvalue weighted by Gasteiger charge is 2.48. The molecule has 1 aliphatic heterocycles. The molecule has 0 spiro atoms. The molecule has 7 nitrogen and oxygen atoms in total. The number of Topliss-reactive ketones (excluding diaryl/α,β-unsaturated/α-hetero) is 1. The normalized spacial score (nSPS) is 16.4. The van der Waals surface area contributed by atoms with Crippen molar-refractivity contribution in [2.45, 2.75) is 35.9 Å². The van der Waals surface area contributed by atoms with E-state index in [2.05, 4.69) is 17.1 Å². The number of amides is 1. The van der Waals surface area contributed by atoms with Crippen molar-refractivity contribution in [2.24, 2.45) is 0 Å². The van der Waals surface area contributed by atoms with Crippen LogP contribution >= 0.6 is 23.1 Å². The number of benzene rings is 3. The van der Waals surface area contributed by atoms with Gasteiger partial charge in [-0.05, 0) is 66.1 Å². The van der Waals surface area contributed by atoms with E-state index in [9.17, 15) is 23.5 Å². The van der Waals surface area contributed by atoms with Crippen molar-refractivity contribution >= 4 is 45.7 Å². The van der Waals surface area contributed by atoms with Gasteiger partial charge in [0.1, 0.15) is 23.1 Å². The number of aliphatic hydroxyl groups excluding tert-OH is 1. The zero-order valence-electron chi connectivity index (χ0n) is 21.9. The predicted octanol–water partition coefficient (Wildman–Crippen LogP) is 6.91. The van der Waals surface area contributed by atoms with Crippen LogP contribution in [0.2, 0.25) is 0 Å². The molecule has 210 valence electrons. The molecule has 41 heavy (non-hydrogen) atoms. The lowest BCUT2D eigenvalue weighted by Gasteiger charge is -2.23. The molecule has 1 aromatic heterocycles. The van der Waals surface area contributed by atoms with Gasteiger partial charge in [-0.15, -0.1) is 10.2 Å². The second kappa shape index (κ2) is 12.6. The largest absolute Gasteiger partial charge is 0.507 e. The third-order valence-electron chi connectivity index (χ3n) is 6.38. The number of unbranched alkanes of at least 4 members (excludes halogenated alkanes) is 1. The average molecular weight is 594 g/mol. The summed E-state index contributed by atoms with van der Waals surface area (Å²) in [6.07, 6.45) is 1.81. The highest BCUT2D eigenvalue weighted by atomic mass is 32.2. The van der Waals surface area contributed by atoms with Gasteiger partial charge in [-0.2, -0.15) is 0 Å². The molecule has 1 atom stereocenters. The highest BCUT2D eigenvalue weighted by Crippen LogP contribution is 2.44. The first-order valence-corrected chi connectivity index (χ1v) is 14.7. The Labute approximate surface area is 243 Å². The van der Waals surface area contributed by atoms with Gasteiger partial charge in [0.15, 0.2) is 4.34 Å². The van der Waals surface area contributed by atoms with Crippen LogP contribution < -0.4 is 9.64 Å². The van der Waals surface area contributed by atoms with E-state index in [1.54, 1.807) is 36.4 Å². The van der Waals surface area contributed by atoms with Gasteiger partial charge >= 0.3 is 5.91 Å². The van der Waals surface area contributed by atoms with Gasteiger partial charge in [-0.1, -0.05) is 60.7 Å². The molecular weight excluding hydrogens is 568 g/mol. The van der Waals surface area contributed by atoms with Crippen molar-refractivity contribution < 1.29 is 28.2 Å². The summed E-state index contributed by atoms with van der Waals surface area (Å²) in [5.74, 6) is -1.98. The molecule has 1 aliphatic rings. The summed E-state index contributed by atoms with van der Waals surface area (Å²) in [6.45, 7) is 2.55. The molecule has 2 heterocycles. The summed E-state index contributed by atoms with van der Waals surface area (Å²) in [5.41, 5.74) is 1.45. The highest BCUT2D eigenvalue weighted by molar-refractivity contribution is 8.00. The van der Waals surface area contributed by atoms with Gasteiger partial charge < -0.3 is 9.84 Å². The Morgan fingerprint density at radius 3 is 2.44 bits per heavy atom. The van der Waals surface area contributed by atoms with Crippen molar-refractivity contribution in [3.05, 3.63) is 107 Å². The average Bonchev–Trinajstić information content (AvgIpc) is 3.55. The summed E-state index contributed by atoms with van der Waals surface area (Å²) in [4.78, 5) is 28.1. The molecule has 4 aromatic rings. The number of nitrogens with zero attached hydrogens (tertiary/aromatic N) is 3. The molecule has 0 saturated carbocycles. The number of hydrogen-bond acceptors (Lipinski definition) is 8. The zero-order chi connectivity index (χ0) is 28.9. The SMILES string of the molecule is CCCCOc1cccc(C2C(=C(O)c3ccc(F)cc3)C(=O)C(=O)N2c2nnc(SCc3ccc(F)cc3)s2)c1. The quantitative estimate of drug-likeness (QED) is 0.0533. The number of ketones is 1. The molecule has 0 radical (unpaired) electrons. The topological polar surface area (TPSA) is 92.6 Å². The maximum Gasteiger partial charge on any atom is 0.301 e. The fraction of sp³-hybridized carbons (Fsp3) is 0.200. The Kier molecular flexibility index (Phi) is 8.75. The summed E-state index contributed by atoms with van der Waals surface area (Å²) < 4.78 is 33.2. The number of thioether (sulfide) groups is 1. The second-order valence-electron chi connectivity index (χ2n) is 9.22. The van der Waals surface area contributed by atoms with E-state index < -0.39 is 29.3 Å². The van der Waals surface area contributed by atoms with E-state index in [0.717, 1.165) is 41.9 Å². The van der Waals surface area contributed by atoms with E-state index in [0.29, 0.717) is 28.0 Å². The van der Waals surface area contributed by atoms with Crippen LogP contribution in [0.25, 0.3) is 5.76 Å². The summed E-state index contributed by atoms with van der Waals surface area (Å²) >= 11 is 2.48. The van der Waals surface area contributed by atoms with Crippen LogP contribution in [-0.4, -0.2) is 33.6 Å². The molecule has 1 N–H and O–H groups in total. The first kappa shape index (κ1) is 28.4. The maximum absolute atomic E-state index is 13.6. The van der Waals surface area contributed by atoms with E-state index in [1.807, 2.05) is 0 Å². The van der Waals surface area contributed by atoms with Crippen molar-refractivity contribution in [3.8, 4) is 5.75 Å². The molecule has 5 rings (SSSR count). The minimum Gasteiger partial charge on any atom is -0.507 e. The number of anilines is 1. The maximum atomic E-state index is 13.6. The molecular formula is C30H25F2N3O4S2. The van der Waals surface area contributed by atoms with E-state index >= 15 is 0 Å². The van der Waals surface area contributed by atoms with Crippen molar-refractivity contribution in [1.29, 1.82) is 0 Å². The first-order chi connectivity index (χ1) is 19.9. The van der Waals surface area contributed by atoms with Crippen LogP contribution in [0.5, 0.6) is 5.75 Å². The predicted molar refractivity (Wildman–Crippen MR) is 154 cm³/mol. The van der Waals surface area contributed by atoms with Crippen molar-refractivity contribution in [2.75, 3.05) is 11.5 Å². The molecule has 0 aliphatic carbocycles. The number of carbonyl (C=O) groups is 2. The van der Waals surface area contributed by atoms with Gasteiger partial charge in [-0.25, -0.2) is 8.78 Å². The smallest absolute Gasteiger partial charge is 0.301 e. The first-order valence-electron chi connectivity index (χ1n) is 12.9. The second-order valence-corrected chi connectivity index (χ2v) is 11.4. The fourth-order valence-corrected chi connectivity index (χ4v) is 6.12. The standard InChI is InChI=1S/C30H25F2N3O4S2/c1-2-3-15-39-23-6-4-5-20(16-23)25-24(26(36)19-9-13-22(32)14-10-19)27(37)28(38)35(25)29-33-34-30(41-29)40-17-18-7-11-21(31)12-8-18/h4-14,16,25,36H,2-3,15,17H2,1H3. The third-order valence-corrected chi connectivity index (χ3v) is 8.51. The van der Waals surface area contributed by atoms with Gasteiger partial charge in [0.25, 0.3) is 5.78 Å². The fourth-order valence-electron chi connectivity index (χ4n) is 4.30. The third kappa shape index (κ3) is 6.31. The van der Waals surface area contributed by atoms with Crippen molar-refractivity contribution in [3.63, 3.8) is 0 Å². The van der Waals surface area contributed by atoms with Gasteiger partial charge in [0.05, 0.1) is 18.2 Å². The Bertz CT molecular complexity index is 1590. The number of rotatable bonds is 10. The molecule has 11 heteroatoms. The van der Waals surface area contributed by atoms with E-state index in [4.69, 9.17) is 4.74 Å². The minimum atomic E-state index is -1.03. The van der Waals surface area contributed by atoms with E-state index in [-0.39, 0.29) is 22.1 Å². The number of halogens is 2. The van der Waals surface area contributed by atoms with Crippen LogP contribution in [0, 0.1) is 11.6 Å². The number of carbonyl (C=O) groups excluding carboxylic acids is 2. The Balaban J connectivity index is 1.53. The van der Waals surface area contributed by atoms with Crippen LogP contribution in [0.1, 0.15) is 42.5 Å². The molecule has 0 bridgehead atoms. The number of aromatic nitrogens is 2. The Morgan fingerprint density at radius 2 is 1.73 bits per heavy atom. The molecule has 3 aromatic carbocycles. The summed E-state index contributed by atoms with van der Waals surface area (Å²) in [7, 11) is 0. The number of aliphatic hydroxyl groups is 1. The molecule has 1 unspecified atom stereocenters. The molecule has 1 fully saturated rings. The summed E-state index contributed by atoms with van der Waals surface area (Å²) in [6, 6.07) is 17.1. The Morgan fingerprint density at radius 1 is 1.02 bits per heavy atom. The molecule has 1 saturated heterocycles. The zero-order valence-corrected chi connectivity index (χ0v) is 23.6. The van der Waals surface area contributed by atoms with Crippen molar-refractivity contribution in [1.82, 2.24) is 10.2 Å². The van der Waals surface area contributed by atoms with Gasteiger partial charge in [0.2, 0.25) is 5.13 Å². The van der Waals surface area contributed by atoms with E-state index in [1.165, 1.54) is 40.9 Å². The number of ether oxygens (including phenoxy) is 1. The monoisotopic (exact) mass is 593 g/mol. The van der Waals surface area contributed by atoms with Gasteiger partial charge in [0, 0.05) is 11.3 Å². The van der Waals surface area contributed by atoms with Crippen LogP contribution in [-0.2, 0) is 15.3 Å².